The number of nitrogens with zero attached hydrogens (tertiary/aromatic N) is 1. The molecule has 1 aliphatic rings. The van der Waals surface area contributed by atoms with E-state index in [1.165, 1.54) is 16.7 Å². The van der Waals surface area contributed by atoms with E-state index in [-0.39, 0.29) is 18.4 Å². The minimum atomic E-state index is -0.134. The van der Waals surface area contributed by atoms with Gasteiger partial charge in [-0.05, 0) is 24.6 Å². The van der Waals surface area contributed by atoms with Gasteiger partial charge in [-0.2, -0.15) is 0 Å². The standard InChI is InChI=1S/C13H17N3O2S/c1-2-5-15-12(17)7-16-10-4-3-9(14)6-11(10)19-8-13(16)18/h3-4,6H,2,5,7-8,14H2,1H3,(H,15,17). The Morgan fingerprint density at radius 1 is 1.53 bits per heavy atom. The average Bonchev–Trinajstić information content (AvgIpc) is 2.39. The van der Waals surface area contributed by atoms with Gasteiger partial charge in [-0.3, -0.25) is 9.59 Å². The molecular weight excluding hydrogens is 262 g/mol. The highest BCUT2D eigenvalue weighted by Gasteiger charge is 2.26. The van der Waals surface area contributed by atoms with Gasteiger partial charge in [-0.15, -0.1) is 11.8 Å². The van der Waals surface area contributed by atoms with Crippen LogP contribution in [0, 0.1) is 0 Å². The van der Waals surface area contributed by atoms with Crippen molar-refractivity contribution in [1.29, 1.82) is 0 Å². The van der Waals surface area contributed by atoms with Crippen LogP contribution in [0.15, 0.2) is 23.1 Å². The number of rotatable bonds is 4. The molecule has 3 N–H and O–H groups in total. The first-order valence-electron chi connectivity index (χ1n) is 6.21. The van der Waals surface area contributed by atoms with Crippen LogP contribution in [0.3, 0.4) is 0 Å². The second-order valence-corrected chi connectivity index (χ2v) is 5.36. The van der Waals surface area contributed by atoms with Gasteiger partial charge in [0.05, 0.1) is 11.4 Å². The van der Waals surface area contributed by atoms with Crippen molar-refractivity contribution in [3.05, 3.63) is 18.2 Å². The van der Waals surface area contributed by atoms with Gasteiger partial charge in [0.2, 0.25) is 11.8 Å². The first-order valence-corrected chi connectivity index (χ1v) is 7.19. The van der Waals surface area contributed by atoms with Crippen LogP contribution in [0.1, 0.15) is 13.3 Å². The van der Waals surface area contributed by atoms with Crippen LogP contribution in [-0.2, 0) is 9.59 Å². The van der Waals surface area contributed by atoms with Gasteiger partial charge in [0.15, 0.2) is 0 Å². The van der Waals surface area contributed by atoms with E-state index in [1.54, 1.807) is 12.1 Å². The number of hydrogen-bond donors (Lipinski definition) is 2. The zero-order chi connectivity index (χ0) is 13.8. The van der Waals surface area contributed by atoms with Gasteiger partial charge in [-0.25, -0.2) is 0 Å². The fraction of sp³-hybridized carbons (Fsp3) is 0.385. The fourth-order valence-corrected chi connectivity index (χ4v) is 2.84. The van der Waals surface area contributed by atoms with Crippen LogP contribution in [0.2, 0.25) is 0 Å². The summed E-state index contributed by atoms with van der Waals surface area (Å²) in [4.78, 5) is 26.2. The SMILES string of the molecule is CCCNC(=O)CN1C(=O)CSc2cc(N)ccc21. The van der Waals surface area contributed by atoms with E-state index < -0.39 is 0 Å². The summed E-state index contributed by atoms with van der Waals surface area (Å²) >= 11 is 1.46. The van der Waals surface area contributed by atoms with E-state index in [9.17, 15) is 9.59 Å². The molecule has 2 amide bonds. The highest BCUT2D eigenvalue weighted by Crippen LogP contribution is 2.36. The molecule has 0 saturated carbocycles. The minimum absolute atomic E-state index is 0.0473. The monoisotopic (exact) mass is 279 g/mol. The maximum absolute atomic E-state index is 11.9. The van der Waals surface area contributed by atoms with Crippen molar-refractivity contribution in [1.82, 2.24) is 5.32 Å². The zero-order valence-electron chi connectivity index (χ0n) is 10.8. The summed E-state index contributed by atoms with van der Waals surface area (Å²) in [6, 6.07) is 5.38. The molecule has 1 aromatic rings. The molecular formula is C13H17N3O2S. The number of thioether (sulfide) groups is 1. The van der Waals surface area contributed by atoms with Gasteiger partial charge in [0, 0.05) is 17.1 Å². The third-order valence-corrected chi connectivity index (χ3v) is 3.83. The third-order valence-electron chi connectivity index (χ3n) is 2.80. The van der Waals surface area contributed by atoms with E-state index in [2.05, 4.69) is 5.32 Å². The molecule has 0 atom stereocenters. The number of hydrogen-bond acceptors (Lipinski definition) is 4. The zero-order valence-corrected chi connectivity index (χ0v) is 11.6. The predicted octanol–water partition coefficient (Wildman–Crippen LogP) is 1.23. The predicted molar refractivity (Wildman–Crippen MR) is 77.2 cm³/mol. The van der Waals surface area contributed by atoms with Crippen molar-refractivity contribution in [3.8, 4) is 0 Å². The van der Waals surface area contributed by atoms with Gasteiger partial charge in [0.25, 0.3) is 0 Å². The topological polar surface area (TPSA) is 75.4 Å². The lowest BCUT2D eigenvalue weighted by Gasteiger charge is -2.28. The number of nitrogens with one attached hydrogen (secondary N) is 1. The molecule has 0 fully saturated rings. The van der Waals surface area contributed by atoms with Crippen molar-refractivity contribution >= 4 is 35.0 Å². The molecule has 5 nitrogen and oxygen atoms in total. The Bertz CT molecular complexity index is 505. The van der Waals surface area contributed by atoms with E-state index in [1.807, 2.05) is 13.0 Å². The Morgan fingerprint density at radius 2 is 2.32 bits per heavy atom. The molecule has 1 aliphatic heterocycles. The molecule has 6 heteroatoms. The van der Waals surface area contributed by atoms with Gasteiger partial charge in [0.1, 0.15) is 6.54 Å². The highest BCUT2D eigenvalue weighted by molar-refractivity contribution is 8.00. The lowest BCUT2D eigenvalue weighted by Crippen LogP contribution is -2.43. The first kappa shape index (κ1) is 13.7. The van der Waals surface area contributed by atoms with Crippen molar-refractivity contribution in [3.63, 3.8) is 0 Å². The maximum atomic E-state index is 11.9. The number of fused-ring (bicyclic) bond motifs is 1. The Hall–Kier alpha value is -1.69. The van der Waals surface area contributed by atoms with Crippen LogP contribution < -0.4 is 16.0 Å². The van der Waals surface area contributed by atoms with Gasteiger partial charge >= 0.3 is 0 Å². The minimum Gasteiger partial charge on any atom is -0.399 e. The first-order chi connectivity index (χ1) is 9.11. The van der Waals surface area contributed by atoms with Gasteiger partial charge < -0.3 is 16.0 Å². The summed E-state index contributed by atoms with van der Waals surface area (Å²) in [5.41, 5.74) is 7.16. The molecule has 1 aromatic carbocycles. The lowest BCUT2D eigenvalue weighted by molar-refractivity contribution is -0.122. The van der Waals surface area contributed by atoms with E-state index in [0.29, 0.717) is 18.0 Å². The third kappa shape index (κ3) is 3.20. The molecule has 2 rings (SSSR count). The fourth-order valence-electron chi connectivity index (χ4n) is 1.86. The van der Waals surface area contributed by atoms with Crippen molar-refractivity contribution in [2.24, 2.45) is 0 Å². The lowest BCUT2D eigenvalue weighted by atomic mass is 10.2. The number of nitrogens with two attached hydrogens (primary N) is 1. The quantitative estimate of drug-likeness (QED) is 0.813. The average molecular weight is 279 g/mol. The molecule has 0 aliphatic carbocycles. The molecule has 0 aromatic heterocycles. The van der Waals surface area contributed by atoms with Crippen molar-refractivity contribution in [2.45, 2.75) is 18.2 Å². The van der Waals surface area contributed by atoms with E-state index in [0.717, 1.165) is 17.0 Å². The van der Waals surface area contributed by atoms with Crippen LogP contribution >= 0.6 is 11.8 Å². The molecule has 0 spiro atoms. The summed E-state index contributed by atoms with van der Waals surface area (Å²) in [7, 11) is 0. The highest BCUT2D eigenvalue weighted by atomic mass is 32.2. The Morgan fingerprint density at radius 3 is 3.05 bits per heavy atom. The summed E-state index contributed by atoms with van der Waals surface area (Å²) in [6.07, 6.45) is 0.878. The summed E-state index contributed by atoms with van der Waals surface area (Å²) in [6.45, 7) is 2.68. The molecule has 0 unspecified atom stereocenters. The summed E-state index contributed by atoms with van der Waals surface area (Å²) in [5, 5.41) is 2.78. The van der Waals surface area contributed by atoms with Crippen LogP contribution in [0.25, 0.3) is 0 Å². The molecule has 0 radical (unpaired) electrons. The number of carbonyl (C=O) groups is 2. The van der Waals surface area contributed by atoms with Crippen molar-refractivity contribution < 1.29 is 9.59 Å². The van der Waals surface area contributed by atoms with Gasteiger partial charge in [-0.1, -0.05) is 6.92 Å². The smallest absolute Gasteiger partial charge is 0.240 e. The Labute approximate surface area is 116 Å². The Kier molecular flexibility index (Phi) is 4.31. The van der Waals surface area contributed by atoms with Crippen molar-refractivity contribution in [2.75, 3.05) is 29.5 Å². The molecule has 0 saturated heterocycles. The van der Waals surface area contributed by atoms with E-state index >= 15 is 0 Å². The number of carbonyl (C=O) groups excluding carboxylic acids is 2. The van der Waals surface area contributed by atoms with Crippen LogP contribution in [0.5, 0.6) is 0 Å². The summed E-state index contributed by atoms with van der Waals surface area (Å²) in [5.74, 6) is 0.163. The molecule has 102 valence electrons. The normalized spacial score (nSPS) is 14.2. The number of benzene rings is 1. The van der Waals surface area contributed by atoms with Crippen LogP contribution in [-0.4, -0.2) is 30.7 Å². The molecule has 0 bridgehead atoms. The largest absolute Gasteiger partial charge is 0.399 e. The van der Waals surface area contributed by atoms with E-state index in [4.69, 9.17) is 5.73 Å². The number of amides is 2. The molecule has 19 heavy (non-hydrogen) atoms. The Balaban J connectivity index is 2.16. The second kappa shape index (κ2) is 5.97. The van der Waals surface area contributed by atoms with Crippen LogP contribution in [0.4, 0.5) is 11.4 Å². The maximum Gasteiger partial charge on any atom is 0.240 e. The molecule has 1 heterocycles. The number of nitrogen functional groups attached to an aromatic ring is 1. The summed E-state index contributed by atoms with van der Waals surface area (Å²) < 4.78 is 0. The number of anilines is 2. The second-order valence-electron chi connectivity index (χ2n) is 4.35.